The number of benzene rings is 1. The van der Waals surface area contributed by atoms with Crippen molar-refractivity contribution in [2.45, 2.75) is 25.8 Å². The molecule has 0 aliphatic carbocycles. The van der Waals surface area contributed by atoms with E-state index in [1.54, 1.807) is 25.1 Å². The summed E-state index contributed by atoms with van der Waals surface area (Å²) in [6.07, 6.45) is 4.16. The quantitative estimate of drug-likeness (QED) is 0.608. The molecular formula is C21H23F2N5O3S. The van der Waals surface area contributed by atoms with Crippen molar-refractivity contribution in [1.29, 1.82) is 0 Å². The topological polar surface area (TPSA) is 87.0 Å². The molecule has 3 aromatic rings. The minimum absolute atomic E-state index is 0.126. The summed E-state index contributed by atoms with van der Waals surface area (Å²) >= 11 is 0. The van der Waals surface area contributed by atoms with Gasteiger partial charge in [0.1, 0.15) is 11.3 Å². The Morgan fingerprint density at radius 3 is 2.81 bits per heavy atom. The highest BCUT2D eigenvalue weighted by Gasteiger charge is 2.31. The van der Waals surface area contributed by atoms with Crippen LogP contribution in [0.15, 0.2) is 42.7 Å². The van der Waals surface area contributed by atoms with Crippen LogP contribution in [0.2, 0.25) is 0 Å². The van der Waals surface area contributed by atoms with Crippen LogP contribution in [0, 0.1) is 11.6 Å². The molecule has 0 radical (unpaired) electrons. The van der Waals surface area contributed by atoms with E-state index < -0.39 is 21.9 Å². The fourth-order valence-electron chi connectivity index (χ4n) is 3.95. The highest BCUT2D eigenvalue weighted by molar-refractivity contribution is 7.87. The van der Waals surface area contributed by atoms with E-state index in [2.05, 4.69) is 5.10 Å². The molecule has 3 heterocycles. The first-order chi connectivity index (χ1) is 15.2. The molecule has 11 heteroatoms. The second kappa shape index (κ2) is 8.47. The van der Waals surface area contributed by atoms with Gasteiger partial charge in [-0.15, -0.1) is 0 Å². The van der Waals surface area contributed by atoms with Gasteiger partial charge in [-0.2, -0.15) is 17.8 Å². The zero-order chi connectivity index (χ0) is 23.0. The van der Waals surface area contributed by atoms with E-state index in [0.29, 0.717) is 6.54 Å². The van der Waals surface area contributed by atoms with Gasteiger partial charge in [0, 0.05) is 26.3 Å². The number of hydrogen-bond acceptors (Lipinski definition) is 5. The Kier molecular flexibility index (Phi) is 5.87. The van der Waals surface area contributed by atoms with Gasteiger partial charge < -0.3 is 4.90 Å². The number of anilines is 1. The molecular weight excluding hydrogens is 440 g/mol. The molecule has 0 spiro atoms. The Morgan fingerprint density at radius 1 is 1.31 bits per heavy atom. The second-order valence-corrected chi connectivity index (χ2v) is 9.40. The average Bonchev–Trinajstić information content (AvgIpc) is 3.40. The Bertz CT molecular complexity index is 1280. The molecule has 0 saturated carbocycles. The summed E-state index contributed by atoms with van der Waals surface area (Å²) in [6.45, 7) is 2.34. The molecule has 1 fully saturated rings. The van der Waals surface area contributed by atoms with E-state index >= 15 is 4.39 Å². The van der Waals surface area contributed by atoms with Gasteiger partial charge in [-0.3, -0.25) is 4.79 Å². The third-order valence-corrected chi connectivity index (χ3v) is 7.24. The van der Waals surface area contributed by atoms with Crippen LogP contribution in [-0.2, 0) is 10.2 Å². The summed E-state index contributed by atoms with van der Waals surface area (Å²) in [4.78, 5) is 14.5. The standard InChI is InChI=1S/C21H23F2N5O3S/c1-3-26(2)32(30,31)25-21(29)16-13-24-28-11-9-18(19(23)20(16)28)27-10-5-8-17(27)14-6-4-7-15(22)12-14/h4,6-7,9,11-13,17H,3,5,8,10H2,1-2H3,(H,25,29)/t17-/m1/s1. The fraction of sp³-hybridized carbons (Fsp3) is 0.333. The molecule has 4 rings (SSSR count). The number of carbonyl (C=O) groups is 1. The maximum atomic E-state index is 15.7. The summed E-state index contributed by atoms with van der Waals surface area (Å²) in [7, 11) is -2.74. The third-order valence-electron chi connectivity index (χ3n) is 5.72. The normalized spacial score (nSPS) is 16.8. The Labute approximate surface area is 184 Å². The predicted octanol–water partition coefficient (Wildman–Crippen LogP) is 2.88. The number of fused-ring (bicyclic) bond motifs is 1. The first-order valence-corrected chi connectivity index (χ1v) is 11.6. The SMILES string of the molecule is CCN(C)S(=O)(=O)NC(=O)c1cnn2ccc(N3CCC[C@@H]3c3cccc(F)c3)c(F)c12. The molecule has 1 N–H and O–H groups in total. The van der Waals surface area contributed by atoms with Crippen molar-refractivity contribution in [2.24, 2.45) is 0 Å². The molecule has 1 amide bonds. The van der Waals surface area contributed by atoms with E-state index in [0.717, 1.165) is 28.9 Å². The van der Waals surface area contributed by atoms with Crippen LogP contribution in [0.5, 0.6) is 0 Å². The smallest absolute Gasteiger partial charge is 0.303 e. The van der Waals surface area contributed by atoms with E-state index in [-0.39, 0.29) is 35.2 Å². The summed E-state index contributed by atoms with van der Waals surface area (Å²) in [6, 6.07) is 7.55. The van der Waals surface area contributed by atoms with Crippen molar-refractivity contribution in [3.8, 4) is 0 Å². The first kappa shape index (κ1) is 22.2. The molecule has 8 nitrogen and oxygen atoms in total. The Balaban J connectivity index is 1.72. The number of pyridine rings is 1. The summed E-state index contributed by atoms with van der Waals surface area (Å²) in [5, 5.41) is 3.99. The van der Waals surface area contributed by atoms with Crippen LogP contribution >= 0.6 is 0 Å². The van der Waals surface area contributed by atoms with Crippen LogP contribution in [0.3, 0.4) is 0 Å². The van der Waals surface area contributed by atoms with Crippen LogP contribution in [0.1, 0.15) is 41.7 Å². The van der Waals surface area contributed by atoms with Crippen molar-refractivity contribution in [3.63, 3.8) is 0 Å². The van der Waals surface area contributed by atoms with Gasteiger partial charge in [0.25, 0.3) is 5.91 Å². The second-order valence-electron chi connectivity index (χ2n) is 7.62. The molecule has 170 valence electrons. The molecule has 1 aromatic carbocycles. The summed E-state index contributed by atoms with van der Waals surface area (Å²) < 4.78 is 58.0. The van der Waals surface area contributed by atoms with Crippen LogP contribution in [0.4, 0.5) is 14.5 Å². The number of halogens is 2. The number of hydrogen-bond donors (Lipinski definition) is 1. The fourth-order valence-corrected chi connectivity index (χ4v) is 4.79. The largest absolute Gasteiger partial charge is 0.362 e. The van der Waals surface area contributed by atoms with Crippen molar-refractivity contribution in [3.05, 3.63) is 65.5 Å². The number of carbonyl (C=O) groups excluding carboxylic acids is 1. The van der Waals surface area contributed by atoms with Crippen molar-refractivity contribution in [2.75, 3.05) is 25.0 Å². The first-order valence-electron chi connectivity index (χ1n) is 10.2. The molecule has 0 bridgehead atoms. The predicted molar refractivity (Wildman–Crippen MR) is 116 cm³/mol. The molecule has 2 aromatic heterocycles. The number of nitrogens with one attached hydrogen (secondary N) is 1. The number of aromatic nitrogens is 2. The van der Waals surface area contributed by atoms with Gasteiger partial charge in [-0.1, -0.05) is 19.1 Å². The van der Waals surface area contributed by atoms with E-state index in [1.165, 1.54) is 29.9 Å². The van der Waals surface area contributed by atoms with Crippen molar-refractivity contribution < 1.29 is 22.0 Å². The lowest BCUT2D eigenvalue weighted by molar-refractivity contribution is 0.0981. The van der Waals surface area contributed by atoms with Gasteiger partial charge in [0.2, 0.25) is 0 Å². The van der Waals surface area contributed by atoms with Gasteiger partial charge in [-0.05, 0) is 36.6 Å². The highest BCUT2D eigenvalue weighted by Crippen LogP contribution is 2.38. The molecule has 0 unspecified atom stereocenters. The molecule has 1 aliphatic heterocycles. The van der Waals surface area contributed by atoms with Gasteiger partial charge in [0.05, 0.1) is 23.5 Å². The Morgan fingerprint density at radius 2 is 2.09 bits per heavy atom. The number of nitrogens with zero attached hydrogens (tertiary/aromatic N) is 4. The van der Waals surface area contributed by atoms with Gasteiger partial charge in [0.15, 0.2) is 5.82 Å². The zero-order valence-electron chi connectivity index (χ0n) is 17.6. The summed E-state index contributed by atoms with van der Waals surface area (Å²) in [5.74, 6) is -2.03. The van der Waals surface area contributed by atoms with Crippen LogP contribution in [-0.4, -0.2) is 48.4 Å². The highest BCUT2D eigenvalue weighted by atomic mass is 32.2. The van der Waals surface area contributed by atoms with E-state index in [9.17, 15) is 17.6 Å². The lowest BCUT2D eigenvalue weighted by Gasteiger charge is -2.28. The number of amides is 1. The van der Waals surface area contributed by atoms with Gasteiger partial charge in [-0.25, -0.2) is 18.0 Å². The Hall–Kier alpha value is -3.05. The third kappa shape index (κ3) is 3.93. The summed E-state index contributed by atoms with van der Waals surface area (Å²) in [5.41, 5.74) is 0.660. The molecule has 1 atom stereocenters. The van der Waals surface area contributed by atoms with Crippen molar-refractivity contribution >= 4 is 27.3 Å². The molecule has 1 saturated heterocycles. The van der Waals surface area contributed by atoms with E-state index in [4.69, 9.17) is 0 Å². The lowest BCUT2D eigenvalue weighted by atomic mass is 10.0. The maximum Gasteiger partial charge on any atom is 0.303 e. The van der Waals surface area contributed by atoms with Crippen molar-refractivity contribution in [1.82, 2.24) is 18.6 Å². The monoisotopic (exact) mass is 463 g/mol. The van der Waals surface area contributed by atoms with Crippen LogP contribution in [0.25, 0.3) is 5.52 Å². The minimum Gasteiger partial charge on any atom is -0.362 e. The number of rotatable bonds is 6. The van der Waals surface area contributed by atoms with E-state index in [1.807, 2.05) is 9.62 Å². The molecule has 32 heavy (non-hydrogen) atoms. The lowest BCUT2D eigenvalue weighted by Crippen LogP contribution is -2.41. The van der Waals surface area contributed by atoms with Crippen LogP contribution < -0.4 is 9.62 Å². The zero-order valence-corrected chi connectivity index (χ0v) is 18.4. The maximum absolute atomic E-state index is 15.7. The van der Waals surface area contributed by atoms with Gasteiger partial charge >= 0.3 is 10.2 Å². The average molecular weight is 464 g/mol. The molecule has 1 aliphatic rings. The minimum atomic E-state index is -4.06.